The van der Waals surface area contributed by atoms with Gasteiger partial charge in [-0.25, -0.2) is 4.79 Å². The van der Waals surface area contributed by atoms with Crippen molar-refractivity contribution in [2.75, 3.05) is 5.32 Å². The van der Waals surface area contributed by atoms with Crippen molar-refractivity contribution in [2.24, 2.45) is 0 Å². The van der Waals surface area contributed by atoms with Crippen LogP contribution in [0.4, 0.5) is 5.69 Å². The van der Waals surface area contributed by atoms with Gasteiger partial charge in [-0.2, -0.15) is 0 Å². The SMILES string of the molecule is C[C@@H](NC(=O)c1ccc(-c2ccccc2)cc1)C(=O)Nc1ccc2[nH]cc(C(=O)O)c(=O)c2c1. The molecule has 0 bridgehead atoms. The predicted octanol–water partition coefficient (Wildman–Crippen LogP) is 3.65. The van der Waals surface area contributed by atoms with Crippen molar-refractivity contribution in [2.45, 2.75) is 13.0 Å². The van der Waals surface area contributed by atoms with Crippen molar-refractivity contribution in [3.8, 4) is 11.1 Å². The maximum absolute atomic E-state index is 12.6. The topological polar surface area (TPSA) is 128 Å². The van der Waals surface area contributed by atoms with Gasteiger partial charge in [-0.05, 0) is 48.4 Å². The Balaban J connectivity index is 1.44. The number of aromatic amines is 1. The number of hydrogen-bond donors (Lipinski definition) is 4. The van der Waals surface area contributed by atoms with E-state index in [4.69, 9.17) is 5.11 Å². The zero-order valence-corrected chi connectivity index (χ0v) is 18.2. The van der Waals surface area contributed by atoms with Crippen LogP contribution < -0.4 is 16.1 Å². The Morgan fingerprint density at radius 2 is 1.59 bits per heavy atom. The van der Waals surface area contributed by atoms with Crippen molar-refractivity contribution in [1.82, 2.24) is 10.3 Å². The van der Waals surface area contributed by atoms with E-state index in [9.17, 15) is 19.2 Å². The number of carboxylic acids is 1. The molecule has 0 aliphatic rings. The number of carbonyl (C=O) groups is 3. The standard InChI is InChI=1S/C26H21N3O5/c1-15(28-25(32)18-9-7-17(8-10-18)16-5-3-2-4-6-16)24(31)29-19-11-12-22-20(13-19)23(30)21(14-27-22)26(33)34/h2-15H,1H3,(H,27,30)(H,28,32)(H,29,31)(H,33,34)/t15-/m1/s1. The molecule has 0 spiro atoms. The summed E-state index contributed by atoms with van der Waals surface area (Å²) >= 11 is 0. The number of benzene rings is 3. The largest absolute Gasteiger partial charge is 0.477 e. The number of amides is 2. The lowest BCUT2D eigenvalue weighted by atomic mass is 10.0. The number of fused-ring (bicyclic) bond motifs is 1. The molecule has 170 valence electrons. The van der Waals surface area contributed by atoms with Gasteiger partial charge in [-0.1, -0.05) is 42.5 Å². The first-order chi connectivity index (χ1) is 16.3. The molecular weight excluding hydrogens is 434 g/mol. The highest BCUT2D eigenvalue weighted by Gasteiger charge is 2.18. The van der Waals surface area contributed by atoms with E-state index in [0.717, 1.165) is 17.3 Å². The summed E-state index contributed by atoms with van der Waals surface area (Å²) in [6.07, 6.45) is 1.13. The molecule has 0 saturated heterocycles. The molecule has 0 unspecified atom stereocenters. The Bertz CT molecular complexity index is 1440. The Morgan fingerprint density at radius 1 is 0.912 bits per heavy atom. The second-order valence-corrected chi connectivity index (χ2v) is 7.72. The minimum atomic E-state index is -1.34. The van der Waals surface area contributed by atoms with Gasteiger partial charge in [-0.15, -0.1) is 0 Å². The van der Waals surface area contributed by atoms with Crippen LogP contribution in [0.3, 0.4) is 0 Å². The van der Waals surface area contributed by atoms with Gasteiger partial charge >= 0.3 is 5.97 Å². The third-order valence-corrected chi connectivity index (χ3v) is 5.37. The molecule has 0 fully saturated rings. The number of carbonyl (C=O) groups excluding carboxylic acids is 2. The fourth-order valence-corrected chi connectivity index (χ4v) is 3.50. The number of pyridine rings is 1. The van der Waals surface area contributed by atoms with Gasteiger partial charge < -0.3 is 20.7 Å². The number of anilines is 1. The van der Waals surface area contributed by atoms with Gasteiger partial charge in [0.05, 0.1) is 0 Å². The van der Waals surface area contributed by atoms with E-state index in [1.165, 1.54) is 6.07 Å². The van der Waals surface area contributed by atoms with Crippen LogP contribution in [0, 0.1) is 0 Å². The highest BCUT2D eigenvalue weighted by Crippen LogP contribution is 2.19. The van der Waals surface area contributed by atoms with Gasteiger partial charge in [0.1, 0.15) is 11.6 Å². The van der Waals surface area contributed by atoms with Crippen LogP contribution >= 0.6 is 0 Å². The van der Waals surface area contributed by atoms with Crippen LogP contribution in [-0.4, -0.2) is 33.9 Å². The molecular formula is C26H21N3O5. The molecule has 0 saturated carbocycles. The highest BCUT2D eigenvalue weighted by molar-refractivity contribution is 6.02. The van der Waals surface area contributed by atoms with Crippen molar-refractivity contribution in [3.63, 3.8) is 0 Å². The van der Waals surface area contributed by atoms with E-state index in [2.05, 4.69) is 15.6 Å². The third-order valence-electron chi connectivity index (χ3n) is 5.37. The molecule has 0 radical (unpaired) electrons. The number of nitrogens with one attached hydrogen (secondary N) is 3. The van der Waals surface area contributed by atoms with Crippen LogP contribution in [0.15, 0.2) is 83.8 Å². The van der Waals surface area contributed by atoms with E-state index >= 15 is 0 Å². The van der Waals surface area contributed by atoms with Crippen molar-refractivity contribution >= 4 is 34.4 Å². The van der Waals surface area contributed by atoms with E-state index in [1.807, 2.05) is 42.5 Å². The Labute approximate surface area is 194 Å². The lowest BCUT2D eigenvalue weighted by Crippen LogP contribution is -2.41. The Kier molecular flexibility index (Phi) is 6.22. The molecule has 3 aromatic carbocycles. The summed E-state index contributed by atoms with van der Waals surface area (Å²) in [6, 6.07) is 20.5. The minimum Gasteiger partial charge on any atom is -0.477 e. The van der Waals surface area contributed by atoms with Crippen LogP contribution in [0.5, 0.6) is 0 Å². The lowest BCUT2D eigenvalue weighted by molar-refractivity contribution is -0.117. The second-order valence-electron chi connectivity index (χ2n) is 7.72. The van der Waals surface area contributed by atoms with E-state index in [1.54, 1.807) is 31.2 Å². The van der Waals surface area contributed by atoms with Crippen molar-refractivity contribution in [3.05, 3.63) is 100 Å². The smallest absolute Gasteiger partial charge is 0.341 e. The molecule has 4 rings (SSSR count). The average molecular weight is 455 g/mol. The van der Waals surface area contributed by atoms with Crippen LogP contribution in [0.2, 0.25) is 0 Å². The molecule has 2 amide bonds. The molecule has 34 heavy (non-hydrogen) atoms. The van der Waals surface area contributed by atoms with Crippen LogP contribution in [0.1, 0.15) is 27.6 Å². The monoisotopic (exact) mass is 455 g/mol. The molecule has 4 N–H and O–H groups in total. The molecule has 8 heteroatoms. The number of H-pyrrole nitrogens is 1. The quantitative estimate of drug-likeness (QED) is 0.353. The normalized spacial score (nSPS) is 11.6. The third kappa shape index (κ3) is 4.71. The summed E-state index contributed by atoms with van der Waals surface area (Å²) in [4.78, 5) is 51.5. The Hall–Kier alpha value is -4.72. The number of aromatic nitrogens is 1. The predicted molar refractivity (Wildman–Crippen MR) is 129 cm³/mol. The summed E-state index contributed by atoms with van der Waals surface area (Å²) in [6.45, 7) is 1.54. The summed E-state index contributed by atoms with van der Waals surface area (Å²) in [5, 5.41) is 14.6. The average Bonchev–Trinajstić information content (AvgIpc) is 2.85. The number of hydrogen-bond acceptors (Lipinski definition) is 4. The summed E-state index contributed by atoms with van der Waals surface area (Å²) in [5.74, 6) is -2.23. The molecule has 1 heterocycles. The maximum atomic E-state index is 12.6. The first kappa shape index (κ1) is 22.5. The van der Waals surface area contributed by atoms with Gasteiger partial charge in [0, 0.05) is 28.4 Å². The number of carboxylic acid groups (broad SMARTS) is 1. The zero-order valence-electron chi connectivity index (χ0n) is 18.2. The number of aromatic carboxylic acids is 1. The van der Waals surface area contributed by atoms with E-state index in [-0.39, 0.29) is 5.39 Å². The number of rotatable bonds is 6. The first-order valence-electron chi connectivity index (χ1n) is 10.5. The lowest BCUT2D eigenvalue weighted by Gasteiger charge is -2.15. The van der Waals surface area contributed by atoms with Gasteiger partial charge in [0.2, 0.25) is 11.3 Å². The van der Waals surface area contributed by atoms with Gasteiger partial charge in [0.25, 0.3) is 5.91 Å². The molecule has 1 aromatic heterocycles. The zero-order chi connectivity index (χ0) is 24.2. The minimum absolute atomic E-state index is 0.132. The Morgan fingerprint density at radius 3 is 2.26 bits per heavy atom. The molecule has 0 aliphatic heterocycles. The summed E-state index contributed by atoms with van der Waals surface area (Å²) in [5.41, 5.74) is 2.12. The van der Waals surface area contributed by atoms with E-state index in [0.29, 0.717) is 16.8 Å². The summed E-state index contributed by atoms with van der Waals surface area (Å²) in [7, 11) is 0. The molecule has 0 aliphatic carbocycles. The van der Waals surface area contributed by atoms with Gasteiger partial charge in [-0.3, -0.25) is 14.4 Å². The summed E-state index contributed by atoms with van der Waals surface area (Å²) < 4.78 is 0. The van der Waals surface area contributed by atoms with Crippen LogP contribution in [-0.2, 0) is 4.79 Å². The molecule has 8 nitrogen and oxygen atoms in total. The second kappa shape index (κ2) is 9.41. The maximum Gasteiger partial charge on any atom is 0.341 e. The van der Waals surface area contributed by atoms with Crippen molar-refractivity contribution < 1.29 is 19.5 Å². The fraction of sp³-hybridized carbons (Fsp3) is 0.0769. The fourth-order valence-electron chi connectivity index (χ4n) is 3.50. The van der Waals surface area contributed by atoms with Gasteiger partial charge in [0.15, 0.2) is 0 Å². The van der Waals surface area contributed by atoms with E-state index < -0.39 is 34.8 Å². The first-order valence-corrected chi connectivity index (χ1v) is 10.5. The van der Waals surface area contributed by atoms with Crippen molar-refractivity contribution in [1.29, 1.82) is 0 Å². The molecule has 4 aromatic rings. The molecule has 1 atom stereocenters. The highest BCUT2D eigenvalue weighted by atomic mass is 16.4. The van der Waals surface area contributed by atoms with Crippen LogP contribution in [0.25, 0.3) is 22.0 Å².